The minimum Gasteiger partial charge on any atom is -0.549 e. The molecule has 0 spiro atoms. The highest BCUT2D eigenvalue weighted by Gasteiger charge is 2.44. The van der Waals surface area contributed by atoms with E-state index < -0.39 is 22.9 Å². The van der Waals surface area contributed by atoms with Crippen LogP contribution in [0.25, 0.3) is 0 Å². The lowest BCUT2D eigenvalue weighted by atomic mass is 9.79. The second-order valence-corrected chi connectivity index (χ2v) is 7.33. The van der Waals surface area contributed by atoms with E-state index in [1.54, 1.807) is 41.3 Å². The van der Waals surface area contributed by atoms with Crippen LogP contribution in [0.5, 0.6) is 0 Å². The average Bonchev–Trinajstić information content (AvgIpc) is 3.22. The number of rotatable bonds is 4. The Morgan fingerprint density at radius 2 is 1.68 bits per heavy atom. The van der Waals surface area contributed by atoms with E-state index in [4.69, 9.17) is 0 Å². The van der Waals surface area contributed by atoms with Crippen LogP contribution in [0.1, 0.15) is 59.1 Å². The van der Waals surface area contributed by atoms with Gasteiger partial charge in [-0.25, -0.2) is 0 Å². The SMILES string of the molecule is O=C([O-])[C@@H]1c2ccccc2C(=O)N(C2CCCC2)[C@H]1c1ccc([N+](=O)[O-])cc1. The van der Waals surface area contributed by atoms with E-state index in [0.29, 0.717) is 16.7 Å². The van der Waals surface area contributed by atoms with Crippen molar-refractivity contribution in [3.8, 4) is 0 Å². The molecule has 1 saturated carbocycles. The third-order valence-electron chi connectivity index (χ3n) is 5.79. The van der Waals surface area contributed by atoms with Gasteiger partial charge in [-0.1, -0.05) is 43.2 Å². The highest BCUT2D eigenvalue weighted by atomic mass is 16.6. The number of hydrogen-bond acceptors (Lipinski definition) is 5. The van der Waals surface area contributed by atoms with E-state index in [1.807, 2.05) is 0 Å². The number of carboxylic acids is 1. The second kappa shape index (κ2) is 7.07. The van der Waals surface area contributed by atoms with Crippen molar-refractivity contribution in [2.75, 3.05) is 0 Å². The number of hydrogen-bond donors (Lipinski definition) is 0. The van der Waals surface area contributed by atoms with Crippen LogP contribution in [0.3, 0.4) is 0 Å². The third kappa shape index (κ3) is 2.93. The summed E-state index contributed by atoms with van der Waals surface area (Å²) in [6.07, 6.45) is 3.60. The Hall–Kier alpha value is -3.22. The van der Waals surface area contributed by atoms with Gasteiger partial charge in [0.15, 0.2) is 0 Å². The summed E-state index contributed by atoms with van der Waals surface area (Å²) in [6.45, 7) is 0. The molecule has 7 heteroatoms. The number of non-ortho nitro benzene ring substituents is 1. The number of aliphatic carboxylic acids is 1. The Morgan fingerprint density at radius 3 is 2.29 bits per heavy atom. The Kier molecular flexibility index (Phi) is 4.58. The fourth-order valence-corrected chi connectivity index (χ4v) is 4.54. The number of nitro groups is 1. The number of benzene rings is 2. The molecule has 0 bridgehead atoms. The molecule has 1 aliphatic carbocycles. The van der Waals surface area contributed by atoms with Crippen molar-refractivity contribution in [3.63, 3.8) is 0 Å². The molecule has 2 aromatic carbocycles. The van der Waals surface area contributed by atoms with Gasteiger partial charge in [0.05, 0.1) is 16.9 Å². The molecular formula is C21H19N2O5-. The fraction of sp³-hybridized carbons (Fsp3) is 0.333. The lowest BCUT2D eigenvalue weighted by molar-refractivity contribution is -0.384. The summed E-state index contributed by atoms with van der Waals surface area (Å²) < 4.78 is 0. The summed E-state index contributed by atoms with van der Waals surface area (Å²) in [6, 6.07) is 11.7. The maximum absolute atomic E-state index is 13.3. The Labute approximate surface area is 161 Å². The number of nitrogens with zero attached hydrogens (tertiary/aromatic N) is 2. The summed E-state index contributed by atoms with van der Waals surface area (Å²) in [7, 11) is 0. The number of fused-ring (bicyclic) bond motifs is 1. The van der Waals surface area contributed by atoms with Gasteiger partial charge in [0.1, 0.15) is 0 Å². The molecule has 0 saturated heterocycles. The summed E-state index contributed by atoms with van der Waals surface area (Å²) >= 11 is 0. The minimum absolute atomic E-state index is 0.0529. The molecule has 2 aliphatic rings. The molecule has 28 heavy (non-hydrogen) atoms. The van der Waals surface area contributed by atoms with E-state index in [2.05, 4.69) is 0 Å². The largest absolute Gasteiger partial charge is 0.549 e. The Balaban J connectivity index is 1.88. The van der Waals surface area contributed by atoms with Gasteiger partial charge in [0.2, 0.25) is 0 Å². The van der Waals surface area contributed by atoms with Gasteiger partial charge in [-0.15, -0.1) is 0 Å². The van der Waals surface area contributed by atoms with Crippen molar-refractivity contribution in [1.82, 2.24) is 4.90 Å². The van der Waals surface area contributed by atoms with Gasteiger partial charge in [0.25, 0.3) is 11.6 Å². The van der Waals surface area contributed by atoms with Crippen molar-refractivity contribution < 1.29 is 19.6 Å². The van der Waals surface area contributed by atoms with Crippen molar-refractivity contribution in [2.45, 2.75) is 43.7 Å². The first-order valence-corrected chi connectivity index (χ1v) is 9.36. The number of carboxylic acid groups (broad SMARTS) is 1. The van der Waals surface area contributed by atoms with Crippen molar-refractivity contribution in [3.05, 3.63) is 75.3 Å². The van der Waals surface area contributed by atoms with E-state index in [0.717, 1.165) is 25.7 Å². The zero-order valence-electron chi connectivity index (χ0n) is 15.1. The first-order valence-electron chi connectivity index (χ1n) is 9.36. The zero-order chi connectivity index (χ0) is 19.8. The van der Waals surface area contributed by atoms with Gasteiger partial charge in [-0.05, 0) is 30.0 Å². The van der Waals surface area contributed by atoms with Gasteiger partial charge >= 0.3 is 0 Å². The predicted molar refractivity (Wildman–Crippen MR) is 98.5 cm³/mol. The molecule has 1 aliphatic heterocycles. The van der Waals surface area contributed by atoms with Crippen LogP contribution in [0.2, 0.25) is 0 Å². The van der Waals surface area contributed by atoms with E-state index in [9.17, 15) is 24.8 Å². The van der Waals surface area contributed by atoms with Gasteiger partial charge < -0.3 is 14.8 Å². The molecule has 4 rings (SSSR count). The zero-order valence-corrected chi connectivity index (χ0v) is 15.1. The molecule has 1 fully saturated rings. The molecule has 0 radical (unpaired) electrons. The van der Waals surface area contributed by atoms with E-state index in [-0.39, 0.29) is 17.6 Å². The van der Waals surface area contributed by atoms with Crippen LogP contribution in [0, 0.1) is 10.1 Å². The molecule has 0 aromatic heterocycles. The van der Waals surface area contributed by atoms with Crippen LogP contribution < -0.4 is 5.11 Å². The van der Waals surface area contributed by atoms with Crippen LogP contribution in [-0.2, 0) is 4.79 Å². The second-order valence-electron chi connectivity index (χ2n) is 7.33. The van der Waals surface area contributed by atoms with Crippen LogP contribution in [0.15, 0.2) is 48.5 Å². The summed E-state index contributed by atoms with van der Waals surface area (Å²) in [5, 5.41) is 23.2. The lowest BCUT2D eigenvalue weighted by Crippen LogP contribution is -2.51. The van der Waals surface area contributed by atoms with Crippen molar-refractivity contribution >= 4 is 17.6 Å². The average molecular weight is 379 g/mol. The topological polar surface area (TPSA) is 104 Å². The number of carbonyl (C=O) groups is 2. The normalized spacial score (nSPS) is 22.1. The van der Waals surface area contributed by atoms with Gasteiger partial charge in [-0.2, -0.15) is 0 Å². The summed E-state index contributed by atoms with van der Waals surface area (Å²) in [4.78, 5) is 37.7. The van der Waals surface area contributed by atoms with Gasteiger partial charge in [0, 0.05) is 29.7 Å². The van der Waals surface area contributed by atoms with Crippen molar-refractivity contribution in [1.29, 1.82) is 0 Å². The lowest BCUT2D eigenvalue weighted by Gasteiger charge is -2.45. The molecule has 144 valence electrons. The first kappa shape index (κ1) is 18.2. The summed E-state index contributed by atoms with van der Waals surface area (Å²) in [5.74, 6) is -2.48. The molecule has 1 amide bonds. The Morgan fingerprint density at radius 1 is 1.04 bits per heavy atom. The van der Waals surface area contributed by atoms with Gasteiger partial charge in [-0.3, -0.25) is 14.9 Å². The molecule has 2 aromatic rings. The standard InChI is InChI=1S/C21H20N2O5/c24-20-17-8-4-3-7-16(17)18(21(25)26)19(22(20)14-5-1-2-6-14)13-9-11-15(12-10-13)23(27)28/h3-4,7-12,14,18-19H,1-2,5-6H2,(H,25,26)/p-1/t18-,19+/m1/s1. The van der Waals surface area contributed by atoms with Crippen LogP contribution in [-0.4, -0.2) is 27.7 Å². The fourth-order valence-electron chi connectivity index (χ4n) is 4.54. The van der Waals surface area contributed by atoms with E-state index in [1.165, 1.54) is 12.1 Å². The number of carbonyl (C=O) groups excluding carboxylic acids is 2. The maximum Gasteiger partial charge on any atom is 0.269 e. The smallest absolute Gasteiger partial charge is 0.269 e. The maximum atomic E-state index is 13.3. The van der Waals surface area contributed by atoms with Crippen LogP contribution in [0.4, 0.5) is 5.69 Å². The number of nitro benzene ring substituents is 1. The first-order chi connectivity index (χ1) is 13.5. The van der Waals surface area contributed by atoms with Crippen molar-refractivity contribution in [2.24, 2.45) is 0 Å². The molecule has 2 atom stereocenters. The Bertz CT molecular complexity index is 934. The molecule has 1 heterocycles. The monoisotopic (exact) mass is 379 g/mol. The highest BCUT2D eigenvalue weighted by molar-refractivity contribution is 6.00. The molecule has 7 nitrogen and oxygen atoms in total. The number of amides is 1. The van der Waals surface area contributed by atoms with Crippen LogP contribution >= 0.6 is 0 Å². The van der Waals surface area contributed by atoms with E-state index >= 15 is 0 Å². The highest BCUT2D eigenvalue weighted by Crippen LogP contribution is 2.45. The third-order valence-corrected chi connectivity index (χ3v) is 5.79. The quantitative estimate of drug-likeness (QED) is 0.600. The summed E-state index contributed by atoms with van der Waals surface area (Å²) in [5.41, 5.74) is 1.31. The predicted octanol–water partition coefficient (Wildman–Crippen LogP) is 2.57. The minimum atomic E-state index is -1.26. The molecule has 0 N–H and O–H groups in total. The molecule has 0 unspecified atom stereocenters. The molecular weight excluding hydrogens is 360 g/mol.